The summed E-state index contributed by atoms with van der Waals surface area (Å²) in [6.45, 7) is 4.59. The molecule has 0 aliphatic heterocycles. The molecule has 0 saturated heterocycles. The summed E-state index contributed by atoms with van der Waals surface area (Å²) < 4.78 is 0. The monoisotopic (exact) mass is 699 g/mol. The van der Waals surface area contributed by atoms with Crippen LogP contribution in [0.25, 0.3) is 27.8 Å². The number of rotatable bonds is 9. The number of nitriles is 1. The molecule has 0 saturated carbocycles. The van der Waals surface area contributed by atoms with Gasteiger partial charge in [-0.1, -0.05) is 147 Å². The predicted molar refractivity (Wildman–Crippen MR) is 228 cm³/mol. The Morgan fingerprint density at radius 3 is 2.28 bits per heavy atom. The van der Waals surface area contributed by atoms with Gasteiger partial charge in [-0.3, -0.25) is 0 Å². The van der Waals surface area contributed by atoms with Crippen LogP contribution in [0.2, 0.25) is 0 Å². The molecule has 3 atom stereocenters. The maximum absolute atomic E-state index is 9.99. The molecular weight excluding hydrogens is 655 g/mol. The zero-order valence-corrected chi connectivity index (χ0v) is 31.0. The number of anilines is 3. The normalized spacial score (nSPS) is 20.4. The van der Waals surface area contributed by atoms with Crippen LogP contribution in [0.4, 0.5) is 17.1 Å². The Kier molecular flexibility index (Phi) is 9.84. The van der Waals surface area contributed by atoms with Crippen LogP contribution in [-0.4, -0.2) is 6.04 Å². The number of nitrogens with zero attached hydrogens (tertiary/aromatic N) is 1. The molecule has 3 nitrogen and oxygen atoms in total. The molecule has 2 N–H and O–H groups in total. The van der Waals surface area contributed by atoms with Crippen molar-refractivity contribution < 1.29 is 0 Å². The van der Waals surface area contributed by atoms with Crippen molar-refractivity contribution in [2.45, 2.75) is 44.6 Å². The zero-order chi connectivity index (χ0) is 36.9. The van der Waals surface area contributed by atoms with Crippen molar-refractivity contribution in [2.24, 2.45) is 5.92 Å². The van der Waals surface area contributed by atoms with Gasteiger partial charge >= 0.3 is 0 Å². The average Bonchev–Trinajstić information content (AvgIpc) is 3.22. The minimum absolute atomic E-state index is 0.138. The fraction of sp³-hybridized carbons (Fsp3) is 0.157. The largest absolute Gasteiger partial charge is 0.378 e. The second kappa shape index (κ2) is 15.3. The molecule has 0 heterocycles. The molecule has 5 aromatic rings. The van der Waals surface area contributed by atoms with E-state index in [9.17, 15) is 5.26 Å². The summed E-state index contributed by atoms with van der Waals surface area (Å²) in [4.78, 5) is 0. The zero-order valence-electron chi connectivity index (χ0n) is 31.0. The minimum Gasteiger partial charge on any atom is -0.378 e. The van der Waals surface area contributed by atoms with E-state index in [2.05, 4.69) is 200 Å². The van der Waals surface area contributed by atoms with Crippen molar-refractivity contribution in [3.8, 4) is 17.2 Å². The third-order valence-corrected chi connectivity index (χ3v) is 10.9. The van der Waals surface area contributed by atoms with Crippen LogP contribution >= 0.6 is 0 Å². The summed E-state index contributed by atoms with van der Waals surface area (Å²) in [5.74, 6) is 0.472. The fourth-order valence-electron chi connectivity index (χ4n) is 8.02. The quantitative estimate of drug-likeness (QED) is 0.161. The van der Waals surface area contributed by atoms with E-state index >= 15 is 0 Å². The van der Waals surface area contributed by atoms with Crippen molar-refractivity contribution >= 4 is 33.8 Å². The highest BCUT2D eigenvalue weighted by molar-refractivity contribution is 5.85. The van der Waals surface area contributed by atoms with Gasteiger partial charge in [-0.2, -0.15) is 5.26 Å². The summed E-state index contributed by atoms with van der Waals surface area (Å²) in [6.07, 6.45) is 23.0. The number of allylic oxidation sites excluding steroid dienone is 10. The van der Waals surface area contributed by atoms with Crippen molar-refractivity contribution in [3.63, 3.8) is 0 Å². The van der Waals surface area contributed by atoms with Gasteiger partial charge in [-0.15, -0.1) is 0 Å². The van der Waals surface area contributed by atoms with Gasteiger partial charge in [0.1, 0.15) is 0 Å². The Hall–Kier alpha value is -6.37. The highest BCUT2D eigenvalue weighted by atomic mass is 14.9. The van der Waals surface area contributed by atoms with E-state index in [-0.39, 0.29) is 11.5 Å². The number of hydrogen-bond donors (Lipinski definition) is 2. The summed E-state index contributed by atoms with van der Waals surface area (Å²) >= 11 is 0. The molecule has 3 unspecified atom stereocenters. The standard InChI is InChI=1S/C51H45N3/c1-36-13-9-20-43(29-36)47-33-42(25-27-49(47)53-45-22-10-18-40(31-45)38-14-5-3-6-15-38)44-21-12-28-51(2,34-44)48-30-37(35-52)24-26-50(48)54-46-23-11-19-41(32-46)39-16-7-4-8-17-39/h3-22,24-28,30-33,36,46,53-54H,23,29,34H2,1-2H3. The molecule has 3 heteroatoms. The van der Waals surface area contributed by atoms with Gasteiger partial charge in [0.05, 0.1) is 11.6 Å². The molecule has 3 aliphatic rings. The molecule has 0 fully saturated rings. The molecule has 8 rings (SSSR count). The molecule has 3 aliphatic carbocycles. The van der Waals surface area contributed by atoms with Crippen molar-refractivity contribution in [3.05, 3.63) is 204 Å². The summed E-state index contributed by atoms with van der Waals surface area (Å²) in [6, 6.07) is 45.3. The lowest BCUT2D eigenvalue weighted by molar-refractivity contribution is 0.609. The molecule has 54 heavy (non-hydrogen) atoms. The lowest BCUT2D eigenvalue weighted by atomic mass is 9.72. The molecule has 0 amide bonds. The van der Waals surface area contributed by atoms with E-state index < -0.39 is 0 Å². The SMILES string of the molecule is CC1C=CC=C(c2cc(C3=CC=CC(C)(c4cc(C#N)ccc4NC4C=C(c5ccccc5)C=CC4)C3)ccc2Nc2cccc(-c3ccccc3)c2)C1. The second-order valence-corrected chi connectivity index (χ2v) is 15.0. The first-order chi connectivity index (χ1) is 26.4. The lowest BCUT2D eigenvalue weighted by Crippen LogP contribution is -2.26. The summed E-state index contributed by atoms with van der Waals surface area (Å²) in [5.41, 5.74) is 14.6. The first-order valence-electron chi connectivity index (χ1n) is 19.0. The van der Waals surface area contributed by atoms with Crippen LogP contribution in [0.15, 0.2) is 176 Å². The minimum atomic E-state index is -0.327. The smallest absolute Gasteiger partial charge is 0.0991 e. The molecule has 0 spiro atoms. The Balaban J connectivity index is 1.10. The van der Waals surface area contributed by atoms with Gasteiger partial charge in [0.2, 0.25) is 0 Å². The first-order valence-corrected chi connectivity index (χ1v) is 19.0. The number of benzene rings is 5. The predicted octanol–water partition coefficient (Wildman–Crippen LogP) is 13.1. The number of hydrogen-bond acceptors (Lipinski definition) is 3. The molecule has 5 aromatic carbocycles. The maximum Gasteiger partial charge on any atom is 0.0991 e. The lowest BCUT2D eigenvalue weighted by Gasteiger charge is -2.34. The third kappa shape index (κ3) is 7.56. The van der Waals surface area contributed by atoms with Gasteiger partial charge in [-0.25, -0.2) is 0 Å². The van der Waals surface area contributed by atoms with Gasteiger partial charge in [0, 0.05) is 34.1 Å². The summed E-state index contributed by atoms with van der Waals surface area (Å²) in [7, 11) is 0. The third-order valence-electron chi connectivity index (χ3n) is 10.9. The Morgan fingerprint density at radius 1 is 0.722 bits per heavy atom. The highest BCUT2D eigenvalue weighted by Crippen LogP contribution is 2.44. The molecule has 0 radical (unpaired) electrons. The van der Waals surface area contributed by atoms with E-state index in [1.165, 1.54) is 44.5 Å². The van der Waals surface area contributed by atoms with E-state index in [1.807, 2.05) is 6.07 Å². The number of nitrogens with one attached hydrogen (secondary N) is 2. The van der Waals surface area contributed by atoms with Gasteiger partial charge in [0.25, 0.3) is 0 Å². The van der Waals surface area contributed by atoms with E-state index in [1.54, 1.807) is 0 Å². The Morgan fingerprint density at radius 2 is 1.48 bits per heavy atom. The fourth-order valence-corrected chi connectivity index (χ4v) is 8.02. The topological polar surface area (TPSA) is 47.9 Å². The van der Waals surface area contributed by atoms with Crippen LogP contribution in [-0.2, 0) is 5.41 Å². The first kappa shape index (κ1) is 34.7. The van der Waals surface area contributed by atoms with Crippen LogP contribution in [0.5, 0.6) is 0 Å². The van der Waals surface area contributed by atoms with Gasteiger partial charge in [0.15, 0.2) is 0 Å². The van der Waals surface area contributed by atoms with Gasteiger partial charge < -0.3 is 10.6 Å². The molecule has 0 aromatic heterocycles. The van der Waals surface area contributed by atoms with Crippen molar-refractivity contribution in [1.29, 1.82) is 5.26 Å². The summed E-state index contributed by atoms with van der Waals surface area (Å²) in [5, 5.41) is 17.6. The van der Waals surface area contributed by atoms with E-state index in [0.29, 0.717) is 11.5 Å². The van der Waals surface area contributed by atoms with Crippen LogP contribution in [0.3, 0.4) is 0 Å². The van der Waals surface area contributed by atoms with E-state index in [0.717, 1.165) is 41.9 Å². The van der Waals surface area contributed by atoms with Gasteiger partial charge in [-0.05, 0) is 112 Å². The Labute approximate surface area is 320 Å². The van der Waals surface area contributed by atoms with Crippen LogP contribution < -0.4 is 10.6 Å². The highest BCUT2D eigenvalue weighted by Gasteiger charge is 2.31. The van der Waals surface area contributed by atoms with Crippen molar-refractivity contribution in [1.82, 2.24) is 0 Å². The van der Waals surface area contributed by atoms with E-state index in [4.69, 9.17) is 0 Å². The van der Waals surface area contributed by atoms with Crippen LogP contribution in [0, 0.1) is 17.2 Å². The molecule has 0 bridgehead atoms. The maximum atomic E-state index is 9.99. The Bertz CT molecular complexity index is 2400. The van der Waals surface area contributed by atoms with Crippen molar-refractivity contribution in [2.75, 3.05) is 10.6 Å². The average molecular weight is 700 g/mol. The molecular formula is C51H45N3. The van der Waals surface area contributed by atoms with Crippen LogP contribution in [0.1, 0.15) is 60.9 Å². The molecule has 264 valence electrons. The second-order valence-electron chi connectivity index (χ2n) is 15.0.